The van der Waals surface area contributed by atoms with E-state index in [1.807, 2.05) is 24.3 Å². The summed E-state index contributed by atoms with van der Waals surface area (Å²) in [5.74, 6) is 0.147. The summed E-state index contributed by atoms with van der Waals surface area (Å²) in [6.07, 6.45) is 7.93. The Bertz CT molecular complexity index is 979. The summed E-state index contributed by atoms with van der Waals surface area (Å²) in [7, 11) is 3.05. The van der Waals surface area contributed by atoms with E-state index in [2.05, 4.69) is 56.3 Å². The molecule has 0 heterocycles. The molecule has 3 nitrogen and oxygen atoms in total. The highest BCUT2D eigenvalue weighted by Gasteiger charge is 2.29. The lowest BCUT2D eigenvalue weighted by molar-refractivity contribution is -0.136. The molecule has 29 heavy (non-hydrogen) atoms. The number of rotatable bonds is 5. The molecule has 0 spiro atoms. The Morgan fingerprint density at radius 3 is 2.28 bits per heavy atom. The monoisotopic (exact) mass is 388 g/mol. The highest BCUT2D eigenvalue weighted by molar-refractivity contribution is 5.91. The lowest BCUT2D eigenvalue weighted by Crippen LogP contribution is -2.16. The van der Waals surface area contributed by atoms with Gasteiger partial charge >= 0.3 is 5.97 Å². The molecule has 3 heteroatoms. The summed E-state index contributed by atoms with van der Waals surface area (Å²) < 4.78 is 10.8. The van der Waals surface area contributed by atoms with E-state index >= 15 is 0 Å². The van der Waals surface area contributed by atoms with Crippen molar-refractivity contribution in [2.75, 3.05) is 14.2 Å². The first kappa shape index (κ1) is 20.7. The van der Waals surface area contributed by atoms with Crippen LogP contribution in [0.25, 0.3) is 6.08 Å². The summed E-state index contributed by atoms with van der Waals surface area (Å²) >= 11 is 0. The van der Waals surface area contributed by atoms with E-state index < -0.39 is 0 Å². The molecule has 0 saturated carbocycles. The predicted molar refractivity (Wildman–Crippen MR) is 118 cm³/mol. The van der Waals surface area contributed by atoms with Crippen LogP contribution in [0.2, 0.25) is 0 Å². The quantitative estimate of drug-likeness (QED) is 0.599. The second-order valence-corrected chi connectivity index (χ2v) is 7.30. The maximum Gasteiger partial charge on any atom is 0.338 e. The Labute approximate surface area is 173 Å². The minimum absolute atomic E-state index is 0.211. The summed E-state index contributed by atoms with van der Waals surface area (Å²) in [5.41, 5.74) is 6.41. The number of carbonyl (C=O) groups is 1. The molecule has 3 rings (SSSR count). The van der Waals surface area contributed by atoms with Gasteiger partial charge < -0.3 is 9.47 Å². The highest BCUT2D eigenvalue weighted by Crippen LogP contribution is 2.37. The molecule has 2 aromatic rings. The van der Waals surface area contributed by atoms with Crippen LogP contribution in [0.3, 0.4) is 0 Å². The van der Waals surface area contributed by atoms with Crippen LogP contribution in [-0.4, -0.2) is 20.2 Å². The third-order valence-electron chi connectivity index (χ3n) is 5.47. The van der Waals surface area contributed by atoms with Gasteiger partial charge in [0.15, 0.2) is 0 Å². The van der Waals surface area contributed by atoms with Crippen molar-refractivity contribution in [1.82, 2.24) is 0 Å². The van der Waals surface area contributed by atoms with Gasteiger partial charge in [-0.1, -0.05) is 72.3 Å². The van der Waals surface area contributed by atoms with E-state index in [4.69, 9.17) is 9.47 Å². The van der Waals surface area contributed by atoms with E-state index in [0.717, 1.165) is 17.5 Å². The van der Waals surface area contributed by atoms with Gasteiger partial charge in [-0.05, 0) is 42.5 Å². The summed E-state index contributed by atoms with van der Waals surface area (Å²) in [6.45, 7) is 4.18. The van der Waals surface area contributed by atoms with Crippen LogP contribution < -0.4 is 0 Å². The number of aryl methyl sites for hydroxylation is 2. The molecule has 2 aromatic carbocycles. The van der Waals surface area contributed by atoms with E-state index in [1.54, 1.807) is 7.11 Å². The smallest absolute Gasteiger partial charge is 0.338 e. The Hall–Kier alpha value is -3.07. The van der Waals surface area contributed by atoms with Gasteiger partial charge in [0, 0.05) is 12.3 Å². The first-order valence-corrected chi connectivity index (χ1v) is 9.90. The second-order valence-electron chi connectivity index (χ2n) is 7.30. The molecular formula is C26H28O3. The fraction of sp³-hybridized carbons (Fsp3) is 0.269. The highest BCUT2D eigenvalue weighted by atomic mass is 16.5. The molecule has 0 aliphatic heterocycles. The maximum absolute atomic E-state index is 12.7. The number of methoxy groups -OCH3 is 2. The van der Waals surface area contributed by atoms with Crippen LogP contribution in [0, 0.1) is 13.8 Å². The van der Waals surface area contributed by atoms with E-state index in [0.29, 0.717) is 17.8 Å². The van der Waals surface area contributed by atoms with Gasteiger partial charge in [0.25, 0.3) is 0 Å². The summed E-state index contributed by atoms with van der Waals surface area (Å²) in [5, 5.41) is 0. The van der Waals surface area contributed by atoms with Gasteiger partial charge in [0.05, 0.1) is 19.8 Å². The molecule has 0 aromatic heterocycles. The molecule has 0 radical (unpaired) electrons. The molecule has 0 fully saturated rings. The Kier molecular flexibility index (Phi) is 6.71. The number of carbonyl (C=O) groups excluding carboxylic acids is 1. The van der Waals surface area contributed by atoms with Gasteiger partial charge in [-0.25, -0.2) is 4.79 Å². The number of esters is 1. The van der Waals surface area contributed by atoms with Crippen molar-refractivity contribution in [2.45, 2.75) is 32.6 Å². The molecule has 0 N–H and O–H groups in total. The van der Waals surface area contributed by atoms with Crippen molar-refractivity contribution in [3.05, 3.63) is 99.8 Å². The SMILES string of the molecule is COC(=O)C1=C(OC)CCC(/C=C/c2ccccc2C)=C[C@@H]1c1ccccc1C. The van der Waals surface area contributed by atoms with Gasteiger partial charge in [-0.2, -0.15) is 0 Å². The molecule has 0 unspecified atom stereocenters. The predicted octanol–water partition coefficient (Wildman–Crippen LogP) is 5.89. The molecule has 1 aliphatic rings. The van der Waals surface area contributed by atoms with Gasteiger partial charge in [-0.15, -0.1) is 0 Å². The van der Waals surface area contributed by atoms with Gasteiger partial charge in [0.2, 0.25) is 0 Å². The van der Waals surface area contributed by atoms with Gasteiger partial charge in [-0.3, -0.25) is 0 Å². The van der Waals surface area contributed by atoms with Crippen LogP contribution in [-0.2, 0) is 14.3 Å². The average Bonchev–Trinajstić information content (AvgIpc) is 2.92. The zero-order valence-electron chi connectivity index (χ0n) is 17.6. The molecule has 1 aliphatic carbocycles. The van der Waals surface area contributed by atoms with Crippen LogP contribution in [0.4, 0.5) is 0 Å². The molecule has 0 bridgehead atoms. The van der Waals surface area contributed by atoms with E-state index in [-0.39, 0.29) is 11.9 Å². The molecule has 150 valence electrons. The number of benzene rings is 2. The zero-order chi connectivity index (χ0) is 20.8. The fourth-order valence-electron chi connectivity index (χ4n) is 3.80. The van der Waals surface area contributed by atoms with E-state index in [1.165, 1.54) is 23.8 Å². The average molecular weight is 389 g/mol. The number of hydrogen-bond acceptors (Lipinski definition) is 3. The lowest BCUT2D eigenvalue weighted by atomic mass is 9.86. The first-order valence-electron chi connectivity index (χ1n) is 9.90. The molecular weight excluding hydrogens is 360 g/mol. The molecule has 0 saturated heterocycles. The Balaban J connectivity index is 2.08. The zero-order valence-corrected chi connectivity index (χ0v) is 17.6. The van der Waals surface area contributed by atoms with E-state index in [9.17, 15) is 4.79 Å². The first-order chi connectivity index (χ1) is 14.0. The van der Waals surface area contributed by atoms with Crippen molar-refractivity contribution in [2.24, 2.45) is 0 Å². The van der Waals surface area contributed by atoms with Crippen LogP contribution >= 0.6 is 0 Å². The van der Waals surface area contributed by atoms with Crippen molar-refractivity contribution in [1.29, 1.82) is 0 Å². The van der Waals surface area contributed by atoms with Crippen molar-refractivity contribution < 1.29 is 14.3 Å². The minimum Gasteiger partial charge on any atom is -0.500 e. The van der Waals surface area contributed by atoms with Crippen LogP contribution in [0.15, 0.2) is 77.6 Å². The fourth-order valence-corrected chi connectivity index (χ4v) is 3.80. The number of hydrogen-bond donors (Lipinski definition) is 0. The van der Waals surface area contributed by atoms with Crippen molar-refractivity contribution in [3.8, 4) is 0 Å². The van der Waals surface area contributed by atoms with Gasteiger partial charge in [0.1, 0.15) is 5.76 Å². The number of ether oxygens (including phenoxy) is 2. The molecule has 0 amide bonds. The Morgan fingerprint density at radius 2 is 1.62 bits per heavy atom. The number of allylic oxidation sites excluding steroid dienone is 4. The normalized spacial score (nSPS) is 17.1. The minimum atomic E-state index is -0.338. The van der Waals surface area contributed by atoms with Crippen molar-refractivity contribution >= 4 is 12.0 Å². The standard InChI is InChI=1S/C26H28O3/c1-18-9-5-7-11-21(18)15-13-20-14-16-24(28-3)25(26(27)29-4)23(17-20)22-12-8-6-10-19(22)2/h5-13,15,17,23H,14,16H2,1-4H3/b15-13+/t23-/m1/s1. The van der Waals surface area contributed by atoms with Crippen molar-refractivity contribution in [3.63, 3.8) is 0 Å². The Morgan fingerprint density at radius 1 is 0.931 bits per heavy atom. The molecule has 1 atom stereocenters. The topological polar surface area (TPSA) is 35.5 Å². The third kappa shape index (κ3) is 4.68. The van der Waals surface area contributed by atoms with Crippen LogP contribution in [0.5, 0.6) is 0 Å². The maximum atomic E-state index is 12.7. The second kappa shape index (κ2) is 9.42. The largest absolute Gasteiger partial charge is 0.500 e. The third-order valence-corrected chi connectivity index (χ3v) is 5.47. The lowest BCUT2D eigenvalue weighted by Gasteiger charge is -2.20. The summed E-state index contributed by atoms with van der Waals surface area (Å²) in [6, 6.07) is 16.5. The summed E-state index contributed by atoms with van der Waals surface area (Å²) in [4.78, 5) is 12.7. The van der Waals surface area contributed by atoms with Crippen LogP contribution in [0.1, 0.15) is 41.0 Å².